The van der Waals surface area contributed by atoms with Gasteiger partial charge in [-0.25, -0.2) is 0 Å². The molecule has 0 amide bonds. The monoisotopic (exact) mass is 172 g/mol. The van der Waals surface area contributed by atoms with Gasteiger partial charge in [0.05, 0.1) is 0 Å². The molecule has 2 heteroatoms. The summed E-state index contributed by atoms with van der Waals surface area (Å²) >= 11 is 0. The third-order valence-corrected chi connectivity index (χ3v) is 3.05. The molecule has 1 fully saturated rings. The molecule has 0 bridgehead atoms. The Morgan fingerprint density at radius 3 is 3.15 bits per heavy atom. The minimum Gasteiger partial charge on any atom is -0.315 e. The smallest absolute Gasteiger partial charge is 0.0343 e. The maximum atomic E-state index is 4.14. The molecule has 0 spiro atoms. The molecule has 0 aromatic carbocycles. The minimum atomic E-state index is 0.754. The Labute approximate surface area is 77.7 Å². The predicted molar refractivity (Wildman–Crippen MR) is 52.1 cm³/mol. The Morgan fingerprint density at radius 1 is 1.38 bits per heavy atom. The van der Waals surface area contributed by atoms with Crippen LogP contribution in [0.5, 0.6) is 0 Å². The number of nitrogens with one attached hydrogen (secondary N) is 1. The quantitative estimate of drug-likeness (QED) is 0.691. The molecule has 1 aromatic heterocycles. The summed E-state index contributed by atoms with van der Waals surface area (Å²) in [5.41, 5.74) is 2.79. The average Bonchev–Trinajstić information content (AvgIpc) is 2.50. The van der Waals surface area contributed by atoms with Crippen molar-refractivity contribution in [1.29, 1.82) is 0 Å². The molecule has 2 heterocycles. The lowest BCUT2D eigenvalue weighted by atomic mass is 9.74. The Balaban J connectivity index is 1.93. The summed E-state index contributed by atoms with van der Waals surface area (Å²) in [7, 11) is 0. The van der Waals surface area contributed by atoms with E-state index in [0.717, 1.165) is 24.9 Å². The van der Waals surface area contributed by atoms with Crippen molar-refractivity contribution in [1.82, 2.24) is 10.3 Å². The van der Waals surface area contributed by atoms with Crippen LogP contribution in [0.15, 0.2) is 30.6 Å². The van der Waals surface area contributed by atoms with Crippen LogP contribution in [0.4, 0.5) is 0 Å². The average molecular weight is 172 g/mol. The minimum absolute atomic E-state index is 0.754. The summed E-state index contributed by atoms with van der Waals surface area (Å²) in [5.74, 6) is 1.54. The Bertz CT molecular complexity index is 342. The lowest BCUT2D eigenvalue weighted by molar-refractivity contribution is 0.564. The summed E-state index contributed by atoms with van der Waals surface area (Å²) in [6, 6.07) is 4.15. The number of rotatable bonds is 1. The second-order valence-electron chi connectivity index (χ2n) is 3.79. The second-order valence-corrected chi connectivity index (χ2v) is 3.79. The molecule has 13 heavy (non-hydrogen) atoms. The predicted octanol–water partition coefficient (Wildman–Crippen LogP) is 1.31. The molecule has 0 unspecified atom stereocenters. The summed E-state index contributed by atoms with van der Waals surface area (Å²) in [6.07, 6.45) is 6.16. The third-order valence-electron chi connectivity index (χ3n) is 3.05. The van der Waals surface area contributed by atoms with Gasteiger partial charge in [-0.05, 0) is 23.1 Å². The Kier molecular flexibility index (Phi) is 1.49. The first-order valence-corrected chi connectivity index (χ1v) is 4.78. The van der Waals surface area contributed by atoms with E-state index < -0.39 is 0 Å². The van der Waals surface area contributed by atoms with Gasteiger partial charge < -0.3 is 5.32 Å². The number of aromatic nitrogens is 1. The molecule has 2 aliphatic rings. The summed E-state index contributed by atoms with van der Waals surface area (Å²) in [6.45, 7) is 2.31. The number of fused-ring (bicyclic) bond motifs is 1. The molecule has 66 valence electrons. The zero-order chi connectivity index (χ0) is 8.67. The van der Waals surface area contributed by atoms with Crippen molar-refractivity contribution >= 4 is 5.57 Å². The maximum absolute atomic E-state index is 4.14. The van der Waals surface area contributed by atoms with Crippen LogP contribution in [0.3, 0.4) is 0 Å². The molecular formula is C11H12N2. The summed E-state index contributed by atoms with van der Waals surface area (Å²) in [4.78, 5) is 4.14. The molecular weight excluding hydrogens is 160 g/mol. The third kappa shape index (κ3) is 1.02. The van der Waals surface area contributed by atoms with Gasteiger partial charge in [0.2, 0.25) is 0 Å². The number of nitrogens with zero attached hydrogens (tertiary/aromatic N) is 1. The van der Waals surface area contributed by atoms with Gasteiger partial charge in [0.25, 0.3) is 0 Å². The van der Waals surface area contributed by atoms with E-state index in [2.05, 4.69) is 22.4 Å². The highest BCUT2D eigenvalue weighted by atomic mass is 14.9. The number of hydrogen-bond acceptors (Lipinski definition) is 2. The van der Waals surface area contributed by atoms with E-state index in [-0.39, 0.29) is 0 Å². The maximum Gasteiger partial charge on any atom is 0.0343 e. The highest BCUT2D eigenvalue weighted by Gasteiger charge is 2.36. The zero-order valence-corrected chi connectivity index (χ0v) is 7.40. The van der Waals surface area contributed by atoms with Gasteiger partial charge in [0.15, 0.2) is 0 Å². The van der Waals surface area contributed by atoms with Crippen molar-refractivity contribution in [3.63, 3.8) is 0 Å². The van der Waals surface area contributed by atoms with Crippen LogP contribution >= 0.6 is 0 Å². The summed E-state index contributed by atoms with van der Waals surface area (Å²) < 4.78 is 0. The zero-order valence-electron chi connectivity index (χ0n) is 7.40. The lowest BCUT2D eigenvalue weighted by Gasteiger charge is -2.29. The molecule has 2 nitrogen and oxygen atoms in total. The fraction of sp³-hybridized carbons (Fsp3) is 0.364. The van der Waals surface area contributed by atoms with Crippen molar-refractivity contribution in [2.24, 2.45) is 11.8 Å². The van der Waals surface area contributed by atoms with Gasteiger partial charge in [-0.15, -0.1) is 0 Å². The van der Waals surface area contributed by atoms with Gasteiger partial charge in [-0.1, -0.05) is 12.1 Å². The van der Waals surface area contributed by atoms with Crippen LogP contribution in [0, 0.1) is 11.8 Å². The molecule has 3 rings (SSSR count). The van der Waals surface area contributed by atoms with Crippen molar-refractivity contribution in [3.8, 4) is 0 Å². The molecule has 1 aliphatic carbocycles. The van der Waals surface area contributed by atoms with Crippen molar-refractivity contribution in [3.05, 3.63) is 36.2 Å². The van der Waals surface area contributed by atoms with Gasteiger partial charge >= 0.3 is 0 Å². The topological polar surface area (TPSA) is 24.9 Å². The van der Waals surface area contributed by atoms with Crippen LogP contribution in [-0.2, 0) is 0 Å². The SMILES string of the molecule is C1=C(c2cccnc2)[C@H]2CNC[C@@H]12. The summed E-state index contributed by atoms with van der Waals surface area (Å²) in [5, 5.41) is 3.41. The van der Waals surface area contributed by atoms with Crippen molar-refractivity contribution in [2.45, 2.75) is 0 Å². The van der Waals surface area contributed by atoms with E-state index in [9.17, 15) is 0 Å². The molecule has 1 N–H and O–H groups in total. The standard InChI is InChI=1S/C11H12N2/c1-2-8(5-12-3-1)10-4-9-6-13-7-11(9)10/h1-5,9,11,13H,6-7H2/t9-,11+/m1/s1. The first-order chi connectivity index (χ1) is 6.45. The van der Waals surface area contributed by atoms with E-state index in [1.165, 1.54) is 11.1 Å². The first-order valence-electron chi connectivity index (χ1n) is 4.78. The second kappa shape index (κ2) is 2.67. The van der Waals surface area contributed by atoms with Gasteiger partial charge in [0.1, 0.15) is 0 Å². The van der Waals surface area contributed by atoms with Gasteiger partial charge in [0, 0.05) is 31.4 Å². The van der Waals surface area contributed by atoms with Crippen LogP contribution in [-0.4, -0.2) is 18.1 Å². The Morgan fingerprint density at radius 2 is 2.38 bits per heavy atom. The van der Waals surface area contributed by atoms with E-state index >= 15 is 0 Å². The largest absolute Gasteiger partial charge is 0.315 e. The first kappa shape index (κ1) is 7.27. The molecule has 0 saturated carbocycles. The fourth-order valence-corrected chi connectivity index (χ4v) is 2.29. The molecule has 1 aromatic rings. The molecule has 1 saturated heterocycles. The number of hydrogen-bond donors (Lipinski definition) is 1. The molecule has 0 radical (unpaired) electrons. The highest BCUT2D eigenvalue weighted by Crippen LogP contribution is 2.41. The van der Waals surface area contributed by atoms with Gasteiger partial charge in [-0.2, -0.15) is 0 Å². The lowest BCUT2D eigenvalue weighted by Crippen LogP contribution is -2.21. The Hall–Kier alpha value is -1.15. The van der Waals surface area contributed by atoms with Crippen LogP contribution in [0.25, 0.3) is 5.57 Å². The van der Waals surface area contributed by atoms with Crippen LogP contribution < -0.4 is 5.32 Å². The highest BCUT2D eigenvalue weighted by molar-refractivity contribution is 5.73. The molecule has 2 atom stereocenters. The van der Waals surface area contributed by atoms with Crippen molar-refractivity contribution in [2.75, 3.05) is 13.1 Å². The fourth-order valence-electron chi connectivity index (χ4n) is 2.29. The van der Waals surface area contributed by atoms with E-state index in [0.29, 0.717) is 0 Å². The van der Waals surface area contributed by atoms with Crippen LogP contribution in [0.1, 0.15) is 5.56 Å². The van der Waals surface area contributed by atoms with E-state index in [1.54, 1.807) is 0 Å². The number of pyridine rings is 1. The molecule has 1 aliphatic heterocycles. The van der Waals surface area contributed by atoms with E-state index in [1.807, 2.05) is 18.5 Å². The van der Waals surface area contributed by atoms with Gasteiger partial charge in [-0.3, -0.25) is 4.98 Å². The van der Waals surface area contributed by atoms with E-state index in [4.69, 9.17) is 0 Å². The van der Waals surface area contributed by atoms with Crippen LogP contribution in [0.2, 0.25) is 0 Å². The van der Waals surface area contributed by atoms with Crippen molar-refractivity contribution < 1.29 is 0 Å². The normalized spacial score (nSPS) is 30.6.